The van der Waals surface area contributed by atoms with Gasteiger partial charge in [-0.2, -0.15) is 0 Å². The first-order chi connectivity index (χ1) is 9.43. The van der Waals surface area contributed by atoms with Gasteiger partial charge in [0.1, 0.15) is 0 Å². The van der Waals surface area contributed by atoms with Crippen molar-refractivity contribution in [3.8, 4) is 0 Å². The summed E-state index contributed by atoms with van der Waals surface area (Å²) in [6.07, 6.45) is 10.2. The average Bonchev–Trinajstić information content (AvgIpc) is 2.39. The summed E-state index contributed by atoms with van der Waals surface area (Å²) in [4.78, 5) is 0. The molecule has 0 aliphatic heterocycles. The molecule has 0 aromatic rings. The molecule has 1 N–H and O–H groups in total. The number of nitrogens with one attached hydrogen (secondary N) is 1. The number of rotatable bonds is 8. The fraction of sp³-hybridized carbons (Fsp3) is 1.00. The van der Waals surface area contributed by atoms with E-state index in [1.165, 1.54) is 51.4 Å². The van der Waals surface area contributed by atoms with Gasteiger partial charge >= 0.3 is 0 Å². The third-order valence-electron chi connectivity index (χ3n) is 4.59. The molecule has 1 aliphatic carbocycles. The van der Waals surface area contributed by atoms with Crippen molar-refractivity contribution in [2.24, 2.45) is 5.41 Å². The summed E-state index contributed by atoms with van der Waals surface area (Å²) in [5.74, 6) is 0. The van der Waals surface area contributed by atoms with Crippen LogP contribution in [0.3, 0.4) is 0 Å². The second-order valence-corrected chi connectivity index (χ2v) is 7.66. The molecule has 0 aromatic heterocycles. The van der Waals surface area contributed by atoms with E-state index >= 15 is 0 Å². The smallest absolute Gasteiger partial charge is 0.0834 e. The molecule has 0 aromatic carbocycles. The van der Waals surface area contributed by atoms with Crippen LogP contribution < -0.4 is 5.32 Å². The maximum absolute atomic E-state index is 6.33. The van der Waals surface area contributed by atoms with Crippen LogP contribution in [0.15, 0.2) is 0 Å². The molecule has 2 heteroatoms. The van der Waals surface area contributed by atoms with E-state index in [1.54, 1.807) is 0 Å². The molecule has 1 unspecified atom stereocenters. The Kier molecular flexibility index (Phi) is 7.53. The van der Waals surface area contributed by atoms with E-state index in [0.29, 0.717) is 11.5 Å². The molecule has 0 heterocycles. The lowest BCUT2D eigenvalue weighted by Crippen LogP contribution is -2.54. The van der Waals surface area contributed by atoms with Crippen molar-refractivity contribution < 1.29 is 4.74 Å². The number of hydrogen-bond acceptors (Lipinski definition) is 2. The maximum Gasteiger partial charge on any atom is 0.0834 e. The quantitative estimate of drug-likeness (QED) is 0.682. The highest BCUT2D eigenvalue weighted by Gasteiger charge is 2.40. The van der Waals surface area contributed by atoms with Gasteiger partial charge in [0, 0.05) is 12.6 Å². The standard InChI is InChI=1S/C18H37NO/c1-6-15-19-16(11-14-17(3,4)5)18(20-7-2)12-9-8-10-13-18/h16,19H,6-15H2,1-5H3. The van der Waals surface area contributed by atoms with Gasteiger partial charge in [-0.15, -0.1) is 0 Å². The molecule has 0 spiro atoms. The summed E-state index contributed by atoms with van der Waals surface area (Å²) in [5.41, 5.74) is 0.516. The van der Waals surface area contributed by atoms with Crippen molar-refractivity contribution in [3.05, 3.63) is 0 Å². The van der Waals surface area contributed by atoms with Gasteiger partial charge in [0.2, 0.25) is 0 Å². The molecule has 2 nitrogen and oxygen atoms in total. The topological polar surface area (TPSA) is 21.3 Å². The zero-order valence-corrected chi connectivity index (χ0v) is 14.6. The second-order valence-electron chi connectivity index (χ2n) is 7.66. The van der Waals surface area contributed by atoms with Crippen LogP contribution in [0.4, 0.5) is 0 Å². The summed E-state index contributed by atoms with van der Waals surface area (Å²) in [6.45, 7) is 13.4. The van der Waals surface area contributed by atoms with Gasteiger partial charge in [-0.3, -0.25) is 0 Å². The number of ether oxygens (including phenoxy) is 1. The third-order valence-corrected chi connectivity index (χ3v) is 4.59. The van der Waals surface area contributed by atoms with Gasteiger partial charge in [0.15, 0.2) is 0 Å². The van der Waals surface area contributed by atoms with Crippen LogP contribution in [0.25, 0.3) is 0 Å². The Bertz CT molecular complexity index is 245. The summed E-state index contributed by atoms with van der Waals surface area (Å²) < 4.78 is 6.33. The Hall–Kier alpha value is -0.0800. The van der Waals surface area contributed by atoms with Gasteiger partial charge in [0.25, 0.3) is 0 Å². The van der Waals surface area contributed by atoms with Crippen LogP contribution in [0.2, 0.25) is 0 Å². The molecular weight excluding hydrogens is 246 g/mol. The lowest BCUT2D eigenvalue weighted by molar-refractivity contribution is -0.0928. The lowest BCUT2D eigenvalue weighted by Gasteiger charge is -2.44. The Morgan fingerprint density at radius 3 is 2.25 bits per heavy atom. The van der Waals surface area contributed by atoms with E-state index in [-0.39, 0.29) is 5.60 Å². The van der Waals surface area contributed by atoms with Gasteiger partial charge in [-0.05, 0) is 51.0 Å². The monoisotopic (exact) mass is 283 g/mol. The molecule has 1 atom stereocenters. The zero-order valence-electron chi connectivity index (χ0n) is 14.6. The molecule has 0 saturated heterocycles. The second kappa shape index (κ2) is 8.38. The van der Waals surface area contributed by atoms with Crippen LogP contribution in [0, 0.1) is 5.41 Å². The van der Waals surface area contributed by atoms with Gasteiger partial charge in [-0.25, -0.2) is 0 Å². The largest absolute Gasteiger partial charge is 0.374 e. The third kappa shape index (κ3) is 5.73. The van der Waals surface area contributed by atoms with Gasteiger partial charge in [0.05, 0.1) is 5.60 Å². The molecule has 20 heavy (non-hydrogen) atoms. The molecular formula is C18H37NO. The van der Waals surface area contributed by atoms with Crippen LogP contribution in [0.5, 0.6) is 0 Å². The first-order valence-electron chi connectivity index (χ1n) is 8.81. The lowest BCUT2D eigenvalue weighted by atomic mass is 9.75. The van der Waals surface area contributed by atoms with Gasteiger partial charge in [-0.1, -0.05) is 47.0 Å². The fourth-order valence-corrected chi connectivity index (χ4v) is 3.48. The minimum atomic E-state index is 0.105. The highest BCUT2D eigenvalue weighted by atomic mass is 16.5. The number of hydrogen-bond donors (Lipinski definition) is 1. The Balaban J connectivity index is 2.74. The predicted molar refractivity (Wildman–Crippen MR) is 88.2 cm³/mol. The minimum absolute atomic E-state index is 0.105. The molecule has 0 bridgehead atoms. The van der Waals surface area contributed by atoms with Gasteiger partial charge < -0.3 is 10.1 Å². The van der Waals surface area contributed by atoms with Crippen molar-refractivity contribution in [1.82, 2.24) is 5.32 Å². The van der Waals surface area contributed by atoms with Crippen molar-refractivity contribution in [2.75, 3.05) is 13.2 Å². The van der Waals surface area contributed by atoms with Crippen molar-refractivity contribution in [1.29, 1.82) is 0 Å². The van der Waals surface area contributed by atoms with Crippen molar-refractivity contribution >= 4 is 0 Å². The van der Waals surface area contributed by atoms with Crippen LogP contribution in [-0.2, 0) is 4.74 Å². The van der Waals surface area contributed by atoms with Crippen molar-refractivity contribution in [2.45, 2.75) is 97.6 Å². The van der Waals surface area contributed by atoms with E-state index in [4.69, 9.17) is 4.74 Å². The summed E-state index contributed by atoms with van der Waals surface area (Å²) in [5, 5.41) is 3.81. The zero-order chi connectivity index (χ0) is 15.1. The normalized spacial score (nSPS) is 20.9. The van der Waals surface area contributed by atoms with E-state index in [9.17, 15) is 0 Å². The Morgan fingerprint density at radius 1 is 1.10 bits per heavy atom. The highest BCUT2D eigenvalue weighted by molar-refractivity contribution is 4.96. The van der Waals surface area contributed by atoms with E-state index < -0.39 is 0 Å². The van der Waals surface area contributed by atoms with E-state index in [2.05, 4.69) is 39.9 Å². The molecule has 1 rings (SSSR count). The predicted octanol–water partition coefficient (Wildman–Crippen LogP) is 4.92. The molecule has 0 amide bonds. The molecule has 120 valence electrons. The fourth-order valence-electron chi connectivity index (χ4n) is 3.48. The Labute approximate surface area is 127 Å². The summed E-state index contributed by atoms with van der Waals surface area (Å²) >= 11 is 0. The SMILES string of the molecule is CCCNC(CCC(C)(C)C)C1(OCC)CCCCC1. The maximum atomic E-state index is 6.33. The molecule has 1 saturated carbocycles. The van der Waals surface area contributed by atoms with Crippen LogP contribution in [0.1, 0.15) is 86.0 Å². The van der Waals surface area contributed by atoms with Crippen molar-refractivity contribution in [3.63, 3.8) is 0 Å². The summed E-state index contributed by atoms with van der Waals surface area (Å²) in [6, 6.07) is 0.530. The van der Waals surface area contributed by atoms with E-state index in [1.807, 2.05) is 0 Å². The highest BCUT2D eigenvalue weighted by Crippen LogP contribution is 2.37. The average molecular weight is 284 g/mol. The van der Waals surface area contributed by atoms with E-state index in [0.717, 1.165) is 13.2 Å². The van der Waals surface area contributed by atoms with Crippen LogP contribution in [-0.4, -0.2) is 24.8 Å². The first-order valence-corrected chi connectivity index (χ1v) is 8.81. The molecule has 0 radical (unpaired) electrons. The molecule has 1 aliphatic rings. The molecule has 1 fully saturated rings. The summed E-state index contributed by atoms with van der Waals surface area (Å²) in [7, 11) is 0. The Morgan fingerprint density at radius 2 is 1.75 bits per heavy atom. The minimum Gasteiger partial charge on any atom is -0.374 e. The first kappa shape index (κ1) is 18.0. The van der Waals surface area contributed by atoms with Crippen LogP contribution >= 0.6 is 0 Å².